The fourth-order valence-corrected chi connectivity index (χ4v) is 5.56. The third-order valence-electron chi connectivity index (χ3n) is 6.76. The van der Waals surface area contributed by atoms with Gasteiger partial charge in [0.2, 0.25) is 11.9 Å². The van der Waals surface area contributed by atoms with Crippen LogP contribution in [-0.4, -0.2) is 80.0 Å². The number of thioether (sulfide) groups is 2. The van der Waals surface area contributed by atoms with E-state index in [9.17, 15) is 40.7 Å². The highest BCUT2D eigenvalue weighted by molar-refractivity contribution is 7.98. The molecule has 0 amide bonds. The molecule has 2 heterocycles. The van der Waals surface area contributed by atoms with Gasteiger partial charge in [0.05, 0.1) is 41.6 Å². The number of Topliss-reactive ketones (excluding diaryl/α,β-unsaturated/α-hetero) is 2. The number of nitrogen functional groups attached to an aromatic ring is 2. The highest BCUT2D eigenvalue weighted by atomic mass is 35.5. The normalized spacial score (nSPS) is 11.0. The number of oxime groups is 1. The summed E-state index contributed by atoms with van der Waals surface area (Å²) in [5.41, 5.74) is 10.6. The van der Waals surface area contributed by atoms with Gasteiger partial charge < -0.3 is 32.5 Å². The van der Waals surface area contributed by atoms with E-state index in [-0.39, 0.29) is 90.1 Å². The number of ketones is 2. The number of carbonyl (C=O) groups is 3. The van der Waals surface area contributed by atoms with Crippen molar-refractivity contribution in [2.75, 3.05) is 47.7 Å². The van der Waals surface area contributed by atoms with Crippen molar-refractivity contribution in [3.8, 4) is 0 Å². The molecule has 0 bridgehead atoms. The largest absolute Gasteiger partial charge is 0.416 e. The number of anilines is 4. The third kappa shape index (κ3) is 15.1. The fraction of sp³-hybridized carbons (Fsp3) is 0.250. The zero-order valence-electron chi connectivity index (χ0n) is 29.2. The molecule has 0 aliphatic carbocycles. The van der Waals surface area contributed by atoms with Crippen molar-refractivity contribution in [3.05, 3.63) is 81.9 Å². The molecule has 0 unspecified atom stereocenters. The first-order valence-electron chi connectivity index (χ1n) is 15.1. The Hall–Kier alpha value is -5.23. The molecule has 0 atom stereocenters. The Balaban J connectivity index is 0.000000528. The fourth-order valence-electron chi connectivity index (χ4n) is 4.45. The predicted molar refractivity (Wildman–Crippen MR) is 202 cm³/mol. The van der Waals surface area contributed by atoms with Crippen LogP contribution in [-0.2, 0) is 34.8 Å². The zero-order valence-corrected chi connectivity index (χ0v) is 31.6. The van der Waals surface area contributed by atoms with Crippen molar-refractivity contribution in [3.63, 3.8) is 0 Å². The average Bonchev–Trinajstić information content (AvgIpc) is 3.14. The molecule has 0 radical (unpaired) electrons. The van der Waals surface area contributed by atoms with Gasteiger partial charge in [-0.2, -0.15) is 36.3 Å². The summed E-state index contributed by atoms with van der Waals surface area (Å²) in [6.07, 6.45) is -4.23. The van der Waals surface area contributed by atoms with Crippen LogP contribution in [0.15, 0.2) is 63.7 Å². The van der Waals surface area contributed by atoms with E-state index < -0.39 is 23.5 Å². The van der Waals surface area contributed by atoms with E-state index in [1.54, 1.807) is 12.5 Å². The third-order valence-corrected chi connectivity index (χ3v) is 8.16. The van der Waals surface area contributed by atoms with E-state index in [2.05, 4.69) is 41.6 Å². The number of rotatable bonds is 14. The number of aldehydes is 1. The Morgan fingerprint density at radius 2 is 1.14 bits per heavy atom. The average molecular weight is 853 g/mol. The lowest BCUT2D eigenvalue weighted by Gasteiger charge is -2.11. The standard InChI is InChI=1S/C16H16F3N5O2S.C16H15F3N4O2S.ClH.H3NO/c1-27-14-12(8-22-26)13(23-15(20)24-14)21-7-11(25)6-9-3-2-4-10(5-9)16(17,18)19;1-26-14-12(8-24)13(22-15(20)23-14)21-7-11(25)6-9-3-2-4-10(5-9)16(17,18)19;;1-2/h2-5,8,26H,6-7H2,1H3,(H3,20,21,23,24);2-5,8H,6-7H2,1H3,(H3,20,21,22,23);1H;2H,1H2/b22-8+;;;. The van der Waals surface area contributed by atoms with Gasteiger partial charge in [-0.15, -0.1) is 35.9 Å². The maximum absolute atomic E-state index is 12.7. The molecule has 304 valence electrons. The first-order chi connectivity index (χ1) is 26.0. The molecule has 0 spiro atoms. The number of nitrogens with two attached hydrogens (primary N) is 3. The summed E-state index contributed by atoms with van der Waals surface area (Å²) in [5.74, 6) is 2.96. The van der Waals surface area contributed by atoms with Gasteiger partial charge in [-0.3, -0.25) is 14.4 Å². The van der Waals surface area contributed by atoms with Gasteiger partial charge >= 0.3 is 12.4 Å². The highest BCUT2D eigenvalue weighted by Gasteiger charge is 2.31. The second kappa shape index (κ2) is 23.0. The van der Waals surface area contributed by atoms with E-state index in [1.165, 1.54) is 47.8 Å². The van der Waals surface area contributed by atoms with Gasteiger partial charge in [-0.1, -0.05) is 41.6 Å². The van der Waals surface area contributed by atoms with Crippen LogP contribution in [0.5, 0.6) is 0 Å². The maximum Gasteiger partial charge on any atom is 0.416 e. The van der Waals surface area contributed by atoms with Crippen LogP contribution in [0.1, 0.15) is 38.2 Å². The molecule has 2 aromatic carbocycles. The second-order valence-electron chi connectivity index (χ2n) is 10.6. The van der Waals surface area contributed by atoms with Crippen LogP contribution < -0.4 is 28.0 Å². The minimum atomic E-state index is -4.47. The number of nitrogens with zero attached hydrogens (tertiary/aromatic N) is 5. The van der Waals surface area contributed by atoms with Crippen molar-refractivity contribution >= 4 is 83.5 Å². The lowest BCUT2D eigenvalue weighted by atomic mass is 10.1. The van der Waals surface area contributed by atoms with Gasteiger partial charge in [0.25, 0.3) is 0 Å². The number of hydrogen-bond donors (Lipinski definition) is 7. The second-order valence-corrected chi connectivity index (χ2v) is 12.2. The number of benzene rings is 2. The van der Waals surface area contributed by atoms with Crippen LogP contribution in [0.4, 0.5) is 49.9 Å². The van der Waals surface area contributed by atoms with Crippen molar-refractivity contribution in [2.45, 2.75) is 35.2 Å². The quantitative estimate of drug-likeness (QED) is 0.0159. The van der Waals surface area contributed by atoms with Crippen molar-refractivity contribution in [2.24, 2.45) is 11.1 Å². The Bertz CT molecular complexity index is 1980. The summed E-state index contributed by atoms with van der Waals surface area (Å²) in [6.45, 7) is -0.422. The number of alkyl halides is 6. The maximum atomic E-state index is 12.7. The molecule has 0 aliphatic rings. The van der Waals surface area contributed by atoms with E-state index in [4.69, 9.17) is 21.9 Å². The summed E-state index contributed by atoms with van der Waals surface area (Å²) < 4.78 is 76.4. The topological polar surface area (TPSA) is 258 Å². The first kappa shape index (κ1) is 48.8. The van der Waals surface area contributed by atoms with Crippen molar-refractivity contribution in [1.82, 2.24) is 19.9 Å². The lowest BCUT2D eigenvalue weighted by molar-refractivity contribution is -0.138. The molecule has 24 heteroatoms. The van der Waals surface area contributed by atoms with Gasteiger partial charge in [0, 0.05) is 12.8 Å². The monoisotopic (exact) mass is 852 g/mol. The highest BCUT2D eigenvalue weighted by Crippen LogP contribution is 2.31. The minimum absolute atomic E-state index is 0. The van der Waals surface area contributed by atoms with E-state index in [0.29, 0.717) is 21.9 Å². The molecule has 0 aliphatic heterocycles. The molecule has 0 saturated heterocycles. The van der Waals surface area contributed by atoms with Crippen LogP contribution >= 0.6 is 35.9 Å². The van der Waals surface area contributed by atoms with Crippen LogP contribution in [0.25, 0.3) is 0 Å². The molecular weight excluding hydrogens is 818 g/mol. The van der Waals surface area contributed by atoms with Crippen molar-refractivity contribution in [1.29, 1.82) is 0 Å². The molecule has 10 N–H and O–H groups in total. The Morgan fingerprint density at radius 1 is 0.750 bits per heavy atom. The number of halogens is 7. The Morgan fingerprint density at radius 3 is 1.50 bits per heavy atom. The van der Waals surface area contributed by atoms with Gasteiger partial charge in [-0.25, -0.2) is 15.9 Å². The van der Waals surface area contributed by atoms with E-state index >= 15 is 0 Å². The smallest absolute Gasteiger partial charge is 0.411 e. The first-order valence-corrected chi connectivity index (χ1v) is 17.6. The molecule has 15 nitrogen and oxygen atoms in total. The van der Waals surface area contributed by atoms with Crippen molar-refractivity contribution < 1.29 is 51.1 Å². The number of aromatic nitrogens is 4. The molecule has 0 fully saturated rings. The molecule has 4 rings (SSSR count). The predicted octanol–water partition coefficient (Wildman–Crippen LogP) is 5.42. The molecule has 4 aromatic rings. The minimum Gasteiger partial charge on any atom is -0.411 e. The van der Waals surface area contributed by atoms with Gasteiger partial charge in [0.1, 0.15) is 21.7 Å². The van der Waals surface area contributed by atoms with Crippen LogP contribution in [0.2, 0.25) is 0 Å². The molecule has 0 saturated carbocycles. The zero-order chi connectivity index (χ0) is 41.3. The number of carbonyl (C=O) groups excluding carboxylic acids is 3. The molecular formula is C32H35ClF6N10O5S2. The van der Waals surface area contributed by atoms with E-state index in [1.807, 2.05) is 0 Å². The summed E-state index contributed by atoms with van der Waals surface area (Å²) in [6, 6.07) is 9.16. The molecule has 2 aromatic heterocycles. The number of nitrogens with one attached hydrogen (secondary N) is 2. The van der Waals surface area contributed by atoms with Crippen LogP contribution in [0.3, 0.4) is 0 Å². The van der Waals surface area contributed by atoms with Gasteiger partial charge in [0.15, 0.2) is 17.9 Å². The Kier molecular flexibility index (Phi) is 20.0. The molecule has 56 heavy (non-hydrogen) atoms. The van der Waals surface area contributed by atoms with Crippen LogP contribution in [0, 0.1) is 0 Å². The SMILES string of the molecule is CSc1nc(N)nc(NCC(=O)Cc2cccc(C(F)(F)F)c2)c1/C=N/O.CSc1nc(N)nc(NCC(=O)Cc2cccc(C(F)(F)F)c2)c1C=O.Cl.NO. The lowest BCUT2D eigenvalue weighted by Crippen LogP contribution is -2.19. The summed E-state index contributed by atoms with van der Waals surface area (Å²) in [4.78, 5) is 51.2. The summed E-state index contributed by atoms with van der Waals surface area (Å²) in [5, 5.41) is 24.5. The van der Waals surface area contributed by atoms with Gasteiger partial charge in [-0.05, 0) is 35.8 Å². The number of hydrogen-bond acceptors (Lipinski definition) is 17. The summed E-state index contributed by atoms with van der Waals surface area (Å²) in [7, 11) is 0. The Labute approximate surface area is 329 Å². The summed E-state index contributed by atoms with van der Waals surface area (Å²) >= 11 is 2.43. The van der Waals surface area contributed by atoms with E-state index in [0.717, 1.165) is 30.5 Å².